The van der Waals surface area contributed by atoms with Crippen LogP contribution in [0.25, 0.3) is 6.08 Å². The Morgan fingerprint density at radius 2 is 1.90 bits per heavy atom. The highest BCUT2D eigenvalue weighted by molar-refractivity contribution is 8.18. The number of thioether (sulfide) groups is 1. The van der Waals surface area contributed by atoms with Gasteiger partial charge in [-0.1, -0.05) is 41.9 Å². The fourth-order valence-corrected chi connectivity index (χ4v) is 3.92. The van der Waals surface area contributed by atoms with Crippen LogP contribution in [0, 0.1) is 12.7 Å². The van der Waals surface area contributed by atoms with Gasteiger partial charge < -0.3 is 10.1 Å². The Morgan fingerprint density at radius 3 is 2.68 bits per heavy atom. The van der Waals surface area contributed by atoms with Crippen molar-refractivity contribution in [3.63, 3.8) is 0 Å². The van der Waals surface area contributed by atoms with Crippen LogP contribution in [0.3, 0.4) is 0 Å². The quantitative estimate of drug-likeness (QED) is 0.465. The molecule has 0 unspecified atom stereocenters. The number of rotatable bonds is 5. The predicted molar refractivity (Wildman–Crippen MR) is 124 cm³/mol. The van der Waals surface area contributed by atoms with E-state index in [4.69, 9.17) is 16.3 Å². The van der Waals surface area contributed by atoms with Gasteiger partial charge in [-0.15, -0.1) is 0 Å². The molecular formula is C24H18ClFN2O2S. The van der Waals surface area contributed by atoms with E-state index in [1.807, 2.05) is 49.4 Å². The van der Waals surface area contributed by atoms with E-state index in [0.29, 0.717) is 20.8 Å². The second kappa shape index (κ2) is 9.37. The molecule has 1 fully saturated rings. The normalized spacial score (nSPS) is 16.0. The lowest BCUT2D eigenvalue weighted by Crippen LogP contribution is -2.19. The molecule has 1 heterocycles. The van der Waals surface area contributed by atoms with Crippen molar-refractivity contribution in [2.75, 3.05) is 0 Å². The molecule has 1 N–H and O–H groups in total. The molecule has 1 aliphatic rings. The molecule has 0 radical (unpaired) electrons. The summed E-state index contributed by atoms with van der Waals surface area (Å²) in [7, 11) is 0. The third kappa shape index (κ3) is 5.34. The van der Waals surface area contributed by atoms with Gasteiger partial charge in [-0.25, -0.2) is 9.38 Å². The minimum Gasteiger partial charge on any atom is -0.489 e. The first-order valence-electron chi connectivity index (χ1n) is 9.50. The van der Waals surface area contributed by atoms with Crippen molar-refractivity contribution < 1.29 is 13.9 Å². The summed E-state index contributed by atoms with van der Waals surface area (Å²) in [6.07, 6.45) is 1.80. The van der Waals surface area contributed by atoms with Gasteiger partial charge in [-0.3, -0.25) is 4.79 Å². The van der Waals surface area contributed by atoms with Crippen molar-refractivity contribution in [3.05, 3.63) is 99.2 Å². The lowest BCUT2D eigenvalue weighted by Gasteiger charge is -2.06. The number of carbonyl (C=O) groups excluding carboxylic acids is 1. The minimum absolute atomic E-state index is 0.199. The second-order valence-electron chi connectivity index (χ2n) is 6.85. The lowest BCUT2D eigenvalue weighted by atomic mass is 10.2. The summed E-state index contributed by atoms with van der Waals surface area (Å²) in [6, 6.07) is 19.1. The van der Waals surface area contributed by atoms with Gasteiger partial charge in [0.2, 0.25) is 0 Å². The SMILES string of the molecule is Cc1c(Cl)cccc1N=C1NC(=O)/C(=C\c2ccc(OCc3cccc(F)c3)cc2)S1. The predicted octanol–water partition coefficient (Wildman–Crippen LogP) is 6.26. The van der Waals surface area contributed by atoms with Crippen LogP contribution in [-0.4, -0.2) is 11.1 Å². The van der Waals surface area contributed by atoms with E-state index in [0.717, 1.165) is 22.4 Å². The van der Waals surface area contributed by atoms with Gasteiger partial charge in [0, 0.05) is 5.02 Å². The van der Waals surface area contributed by atoms with Crippen molar-refractivity contribution in [2.45, 2.75) is 13.5 Å². The molecule has 0 bridgehead atoms. The molecule has 1 saturated heterocycles. The molecule has 0 atom stereocenters. The summed E-state index contributed by atoms with van der Waals surface area (Å²) in [6.45, 7) is 2.16. The molecule has 4 nitrogen and oxygen atoms in total. The van der Waals surface area contributed by atoms with E-state index in [-0.39, 0.29) is 18.3 Å². The third-order valence-electron chi connectivity index (χ3n) is 4.58. The van der Waals surface area contributed by atoms with Gasteiger partial charge in [0.05, 0.1) is 10.6 Å². The van der Waals surface area contributed by atoms with Crippen LogP contribution in [-0.2, 0) is 11.4 Å². The number of aliphatic imine (C=N–C) groups is 1. The molecule has 1 amide bonds. The maximum absolute atomic E-state index is 13.2. The van der Waals surface area contributed by atoms with Crippen molar-refractivity contribution in [3.8, 4) is 5.75 Å². The maximum Gasteiger partial charge on any atom is 0.264 e. The third-order valence-corrected chi connectivity index (χ3v) is 5.90. The number of nitrogens with one attached hydrogen (secondary N) is 1. The van der Waals surface area contributed by atoms with Crippen LogP contribution in [0.1, 0.15) is 16.7 Å². The molecule has 4 rings (SSSR count). The van der Waals surface area contributed by atoms with Gasteiger partial charge in [-0.2, -0.15) is 0 Å². The fraction of sp³-hybridized carbons (Fsp3) is 0.0833. The Bertz CT molecular complexity index is 1190. The average Bonchev–Trinajstić information content (AvgIpc) is 3.09. The molecule has 31 heavy (non-hydrogen) atoms. The molecular weight excluding hydrogens is 435 g/mol. The summed E-state index contributed by atoms with van der Waals surface area (Å²) in [5.41, 5.74) is 3.19. The van der Waals surface area contributed by atoms with Gasteiger partial charge in [0.25, 0.3) is 5.91 Å². The molecule has 1 aliphatic heterocycles. The number of halogens is 2. The molecule has 156 valence electrons. The number of amidine groups is 1. The Labute approximate surface area is 188 Å². The zero-order chi connectivity index (χ0) is 21.8. The zero-order valence-corrected chi connectivity index (χ0v) is 18.1. The van der Waals surface area contributed by atoms with Crippen LogP contribution in [0.4, 0.5) is 10.1 Å². The smallest absolute Gasteiger partial charge is 0.264 e. The van der Waals surface area contributed by atoms with Crippen LogP contribution in [0.2, 0.25) is 5.02 Å². The number of nitrogens with zero attached hydrogens (tertiary/aromatic N) is 1. The first kappa shape index (κ1) is 21.2. The van der Waals surface area contributed by atoms with E-state index in [1.54, 1.807) is 18.2 Å². The summed E-state index contributed by atoms with van der Waals surface area (Å²) in [4.78, 5) is 17.4. The molecule has 3 aromatic rings. The van der Waals surface area contributed by atoms with Crippen molar-refractivity contribution in [2.24, 2.45) is 4.99 Å². The highest BCUT2D eigenvalue weighted by Crippen LogP contribution is 2.31. The zero-order valence-electron chi connectivity index (χ0n) is 16.6. The first-order valence-corrected chi connectivity index (χ1v) is 10.7. The van der Waals surface area contributed by atoms with Crippen LogP contribution >= 0.6 is 23.4 Å². The molecule has 0 aromatic heterocycles. The Balaban J connectivity index is 1.43. The summed E-state index contributed by atoms with van der Waals surface area (Å²) >= 11 is 7.42. The summed E-state index contributed by atoms with van der Waals surface area (Å²) < 4.78 is 18.9. The second-order valence-corrected chi connectivity index (χ2v) is 8.29. The number of hydrogen-bond acceptors (Lipinski definition) is 4. The van der Waals surface area contributed by atoms with E-state index >= 15 is 0 Å². The number of carbonyl (C=O) groups is 1. The van der Waals surface area contributed by atoms with Crippen LogP contribution < -0.4 is 10.1 Å². The fourth-order valence-electron chi connectivity index (χ4n) is 2.91. The summed E-state index contributed by atoms with van der Waals surface area (Å²) in [5, 5.41) is 3.92. The highest BCUT2D eigenvalue weighted by atomic mass is 35.5. The molecule has 0 aliphatic carbocycles. The number of benzene rings is 3. The van der Waals surface area contributed by atoms with Gasteiger partial charge >= 0.3 is 0 Å². The number of hydrogen-bond donors (Lipinski definition) is 1. The molecule has 0 saturated carbocycles. The Morgan fingerprint density at radius 1 is 1.13 bits per heavy atom. The maximum atomic E-state index is 13.2. The van der Waals surface area contributed by atoms with Gasteiger partial charge in [0.1, 0.15) is 18.2 Å². The van der Waals surface area contributed by atoms with Gasteiger partial charge in [0.15, 0.2) is 5.17 Å². The largest absolute Gasteiger partial charge is 0.489 e. The Kier molecular flexibility index (Phi) is 6.39. The van der Waals surface area contributed by atoms with Crippen molar-refractivity contribution >= 4 is 46.2 Å². The monoisotopic (exact) mass is 452 g/mol. The van der Waals surface area contributed by atoms with Crippen LogP contribution in [0.15, 0.2) is 76.6 Å². The lowest BCUT2D eigenvalue weighted by molar-refractivity contribution is -0.115. The molecule has 3 aromatic carbocycles. The van der Waals surface area contributed by atoms with Gasteiger partial charge in [-0.05, 0) is 77.9 Å². The average molecular weight is 453 g/mol. The van der Waals surface area contributed by atoms with Crippen molar-refractivity contribution in [1.82, 2.24) is 5.32 Å². The number of amides is 1. The standard InChI is InChI=1S/C24H18ClFN2O2S/c1-15-20(25)6-3-7-21(15)27-24-28-23(29)22(31-24)13-16-8-10-19(11-9-16)30-14-17-4-2-5-18(26)12-17/h2-13H,14H2,1H3,(H,27,28,29)/b22-13+. The van der Waals surface area contributed by atoms with Crippen LogP contribution in [0.5, 0.6) is 5.75 Å². The van der Waals surface area contributed by atoms with E-state index in [2.05, 4.69) is 10.3 Å². The van der Waals surface area contributed by atoms with E-state index in [9.17, 15) is 9.18 Å². The molecule has 0 spiro atoms. The topological polar surface area (TPSA) is 50.7 Å². The van der Waals surface area contributed by atoms with E-state index < -0.39 is 0 Å². The van der Waals surface area contributed by atoms with E-state index in [1.165, 1.54) is 23.9 Å². The molecule has 7 heteroatoms. The summed E-state index contributed by atoms with van der Waals surface area (Å²) in [5.74, 6) is 0.173. The minimum atomic E-state index is -0.288. The van der Waals surface area contributed by atoms with Crippen molar-refractivity contribution in [1.29, 1.82) is 0 Å². The highest BCUT2D eigenvalue weighted by Gasteiger charge is 2.24. The Hall–Kier alpha value is -3.09. The first-order chi connectivity index (χ1) is 15.0. The number of ether oxygens (including phenoxy) is 1.